The molecule has 0 aliphatic carbocycles. The molecule has 0 aromatic carbocycles. The van der Waals surface area contributed by atoms with E-state index in [9.17, 15) is 0 Å². The van der Waals surface area contributed by atoms with Crippen molar-refractivity contribution in [3.05, 3.63) is 0 Å². The first kappa shape index (κ1) is 35.0. The molecule has 0 aromatic rings. The van der Waals surface area contributed by atoms with Gasteiger partial charge in [0, 0.05) is 0 Å². The fourth-order valence-corrected chi connectivity index (χ4v) is 5.40. The summed E-state index contributed by atoms with van der Waals surface area (Å²) in [5.41, 5.74) is 0. The summed E-state index contributed by atoms with van der Waals surface area (Å²) in [7, 11) is 0. The van der Waals surface area contributed by atoms with Gasteiger partial charge in [0.1, 0.15) is 0 Å². The first-order valence-electron chi connectivity index (χ1n) is 16.9. The standard InChI is InChI=1S/C34H71N/c1-5-7-9-11-13-15-19-23-27-31-35(32-28-24-20-16-14-12-10-8-6-2)33-29-25-21-17-18-22-26-30-34(3)4/h34H,5-33H2,1-4H3. The molecule has 0 aliphatic heterocycles. The lowest BCUT2D eigenvalue weighted by molar-refractivity contribution is 0.254. The van der Waals surface area contributed by atoms with Gasteiger partial charge in [-0.15, -0.1) is 0 Å². The highest BCUT2D eigenvalue weighted by molar-refractivity contribution is 4.61. The molecule has 0 fully saturated rings. The minimum Gasteiger partial charge on any atom is -0.303 e. The van der Waals surface area contributed by atoms with E-state index in [-0.39, 0.29) is 0 Å². The van der Waals surface area contributed by atoms with E-state index in [0.29, 0.717) is 0 Å². The molecule has 0 N–H and O–H groups in total. The van der Waals surface area contributed by atoms with Gasteiger partial charge in [0.25, 0.3) is 0 Å². The number of unbranched alkanes of at least 4 members (excludes halogenated alkanes) is 22. The van der Waals surface area contributed by atoms with Gasteiger partial charge in [-0.1, -0.05) is 175 Å². The van der Waals surface area contributed by atoms with Crippen molar-refractivity contribution in [2.45, 2.75) is 195 Å². The van der Waals surface area contributed by atoms with E-state index in [2.05, 4.69) is 32.6 Å². The summed E-state index contributed by atoms with van der Waals surface area (Å²) in [6.07, 6.45) is 37.7. The fraction of sp³-hybridized carbons (Fsp3) is 1.00. The summed E-state index contributed by atoms with van der Waals surface area (Å²) in [6, 6.07) is 0. The molecule has 1 nitrogen and oxygen atoms in total. The molecule has 0 atom stereocenters. The van der Waals surface area contributed by atoms with Gasteiger partial charge in [0.15, 0.2) is 0 Å². The van der Waals surface area contributed by atoms with Crippen LogP contribution in [0.1, 0.15) is 195 Å². The lowest BCUT2D eigenvalue weighted by Gasteiger charge is -2.22. The van der Waals surface area contributed by atoms with Crippen molar-refractivity contribution in [2.24, 2.45) is 5.92 Å². The van der Waals surface area contributed by atoms with E-state index >= 15 is 0 Å². The van der Waals surface area contributed by atoms with Crippen LogP contribution in [-0.4, -0.2) is 24.5 Å². The molecule has 35 heavy (non-hydrogen) atoms. The summed E-state index contributed by atoms with van der Waals surface area (Å²) in [5, 5.41) is 0. The van der Waals surface area contributed by atoms with Crippen molar-refractivity contribution in [1.29, 1.82) is 0 Å². The quantitative estimate of drug-likeness (QED) is 0.0899. The van der Waals surface area contributed by atoms with E-state index in [1.54, 1.807) is 0 Å². The normalized spacial score (nSPS) is 11.8. The highest BCUT2D eigenvalue weighted by Gasteiger charge is 2.05. The molecule has 0 amide bonds. The number of rotatable bonds is 30. The molecular formula is C34H71N. The van der Waals surface area contributed by atoms with Crippen molar-refractivity contribution < 1.29 is 0 Å². The van der Waals surface area contributed by atoms with E-state index in [1.807, 2.05) is 0 Å². The van der Waals surface area contributed by atoms with Crippen LogP contribution in [0.25, 0.3) is 0 Å². The van der Waals surface area contributed by atoms with E-state index in [0.717, 1.165) is 5.92 Å². The van der Waals surface area contributed by atoms with Crippen molar-refractivity contribution in [2.75, 3.05) is 19.6 Å². The SMILES string of the molecule is CCCCCCCCCCCN(CCCCCCCCCCC)CCCCCCCCCC(C)C. The molecule has 0 radical (unpaired) electrons. The smallest absolute Gasteiger partial charge is 0.00187 e. The Labute approximate surface area is 225 Å². The summed E-state index contributed by atoms with van der Waals surface area (Å²) >= 11 is 0. The van der Waals surface area contributed by atoms with Gasteiger partial charge < -0.3 is 4.90 Å². The second-order valence-electron chi connectivity index (χ2n) is 12.2. The zero-order chi connectivity index (χ0) is 25.7. The maximum absolute atomic E-state index is 2.84. The third-order valence-corrected chi connectivity index (χ3v) is 7.91. The molecular weight excluding hydrogens is 422 g/mol. The third kappa shape index (κ3) is 30.1. The van der Waals surface area contributed by atoms with Crippen LogP contribution >= 0.6 is 0 Å². The molecule has 0 bridgehead atoms. The van der Waals surface area contributed by atoms with Crippen LogP contribution in [0.3, 0.4) is 0 Å². The van der Waals surface area contributed by atoms with Gasteiger partial charge in [0.05, 0.1) is 0 Å². The fourth-order valence-electron chi connectivity index (χ4n) is 5.40. The summed E-state index contributed by atoms with van der Waals surface area (Å²) < 4.78 is 0. The van der Waals surface area contributed by atoms with Gasteiger partial charge in [-0.2, -0.15) is 0 Å². The molecule has 212 valence electrons. The molecule has 0 aliphatic rings. The van der Waals surface area contributed by atoms with Crippen LogP contribution in [-0.2, 0) is 0 Å². The van der Waals surface area contributed by atoms with E-state index in [1.165, 1.54) is 187 Å². The second kappa shape index (κ2) is 30.2. The lowest BCUT2D eigenvalue weighted by atomic mass is 10.0. The summed E-state index contributed by atoms with van der Waals surface area (Å²) in [5.74, 6) is 0.887. The molecule has 0 aromatic heterocycles. The summed E-state index contributed by atoms with van der Waals surface area (Å²) in [6.45, 7) is 13.4. The highest BCUT2D eigenvalue weighted by Crippen LogP contribution is 2.14. The molecule has 0 rings (SSSR count). The highest BCUT2D eigenvalue weighted by atomic mass is 15.1. The van der Waals surface area contributed by atoms with Gasteiger partial charge >= 0.3 is 0 Å². The minimum atomic E-state index is 0.887. The van der Waals surface area contributed by atoms with Gasteiger partial charge in [-0.05, 0) is 44.8 Å². The Morgan fingerprint density at radius 1 is 0.343 bits per heavy atom. The van der Waals surface area contributed by atoms with Crippen LogP contribution in [0.2, 0.25) is 0 Å². The van der Waals surface area contributed by atoms with Crippen LogP contribution < -0.4 is 0 Å². The van der Waals surface area contributed by atoms with E-state index < -0.39 is 0 Å². The monoisotopic (exact) mass is 494 g/mol. The zero-order valence-electron chi connectivity index (χ0n) is 25.5. The average Bonchev–Trinajstić information content (AvgIpc) is 2.85. The first-order chi connectivity index (χ1) is 17.2. The van der Waals surface area contributed by atoms with Crippen molar-refractivity contribution >= 4 is 0 Å². The minimum absolute atomic E-state index is 0.887. The van der Waals surface area contributed by atoms with Crippen LogP contribution in [0, 0.1) is 5.92 Å². The lowest BCUT2D eigenvalue weighted by Crippen LogP contribution is -2.27. The maximum atomic E-state index is 2.84. The number of hydrogen-bond donors (Lipinski definition) is 0. The van der Waals surface area contributed by atoms with Crippen LogP contribution in [0.4, 0.5) is 0 Å². The number of hydrogen-bond acceptors (Lipinski definition) is 1. The first-order valence-corrected chi connectivity index (χ1v) is 16.9. The average molecular weight is 494 g/mol. The zero-order valence-corrected chi connectivity index (χ0v) is 25.5. The van der Waals surface area contributed by atoms with Crippen LogP contribution in [0.5, 0.6) is 0 Å². The van der Waals surface area contributed by atoms with Gasteiger partial charge in [-0.3, -0.25) is 0 Å². The number of nitrogens with zero attached hydrogens (tertiary/aromatic N) is 1. The Hall–Kier alpha value is -0.0400. The Morgan fingerprint density at radius 3 is 0.886 bits per heavy atom. The Kier molecular flexibility index (Phi) is 30.2. The van der Waals surface area contributed by atoms with Crippen molar-refractivity contribution in [3.8, 4) is 0 Å². The van der Waals surface area contributed by atoms with Gasteiger partial charge in [0.2, 0.25) is 0 Å². The Bertz CT molecular complexity index is 342. The molecule has 0 heterocycles. The second-order valence-corrected chi connectivity index (χ2v) is 12.2. The molecule has 0 saturated carbocycles. The molecule has 0 spiro atoms. The maximum Gasteiger partial charge on any atom is -0.00187 e. The molecule has 0 unspecified atom stereocenters. The van der Waals surface area contributed by atoms with E-state index in [4.69, 9.17) is 0 Å². The molecule has 1 heteroatoms. The topological polar surface area (TPSA) is 3.24 Å². The predicted octanol–water partition coefficient (Wildman–Crippen LogP) is 12.1. The van der Waals surface area contributed by atoms with Crippen molar-refractivity contribution in [3.63, 3.8) is 0 Å². The van der Waals surface area contributed by atoms with Gasteiger partial charge in [-0.25, -0.2) is 0 Å². The Morgan fingerprint density at radius 2 is 0.600 bits per heavy atom. The third-order valence-electron chi connectivity index (χ3n) is 7.91. The Balaban J connectivity index is 3.87. The van der Waals surface area contributed by atoms with Crippen molar-refractivity contribution in [1.82, 2.24) is 4.90 Å². The largest absolute Gasteiger partial charge is 0.303 e. The predicted molar refractivity (Wildman–Crippen MR) is 163 cm³/mol. The van der Waals surface area contributed by atoms with Crippen LogP contribution in [0.15, 0.2) is 0 Å². The molecule has 0 saturated heterocycles. The summed E-state index contributed by atoms with van der Waals surface area (Å²) in [4.78, 5) is 2.84.